The van der Waals surface area contributed by atoms with Crippen LogP contribution in [0.3, 0.4) is 0 Å². The number of aromatic nitrogens is 4. The SMILES string of the molecule is CCNc1ncnc(-n2ccc(C)n2)c1C(C)C. The van der Waals surface area contributed by atoms with Gasteiger partial charge >= 0.3 is 0 Å². The van der Waals surface area contributed by atoms with Crippen LogP contribution in [0.1, 0.15) is 37.9 Å². The van der Waals surface area contributed by atoms with Gasteiger partial charge in [0.25, 0.3) is 0 Å². The predicted octanol–water partition coefficient (Wildman–Crippen LogP) is 2.53. The van der Waals surface area contributed by atoms with Crippen LogP contribution in [0.15, 0.2) is 18.6 Å². The van der Waals surface area contributed by atoms with Crippen molar-refractivity contribution >= 4 is 5.82 Å². The van der Waals surface area contributed by atoms with Crippen molar-refractivity contribution in [1.29, 1.82) is 0 Å². The van der Waals surface area contributed by atoms with E-state index in [9.17, 15) is 0 Å². The lowest BCUT2D eigenvalue weighted by molar-refractivity contribution is 0.767. The van der Waals surface area contributed by atoms with Gasteiger partial charge in [-0.2, -0.15) is 5.10 Å². The molecule has 2 rings (SSSR count). The highest BCUT2D eigenvalue weighted by Gasteiger charge is 2.16. The first-order chi connectivity index (χ1) is 8.63. The lowest BCUT2D eigenvalue weighted by atomic mass is 10.0. The minimum atomic E-state index is 0.333. The van der Waals surface area contributed by atoms with Gasteiger partial charge in [0, 0.05) is 18.3 Å². The molecule has 0 saturated heterocycles. The van der Waals surface area contributed by atoms with E-state index in [0.29, 0.717) is 5.92 Å². The second-order valence-electron chi connectivity index (χ2n) is 4.55. The summed E-state index contributed by atoms with van der Waals surface area (Å²) in [4.78, 5) is 8.70. The van der Waals surface area contributed by atoms with Gasteiger partial charge in [0.15, 0.2) is 5.82 Å². The zero-order valence-electron chi connectivity index (χ0n) is 11.3. The Morgan fingerprint density at radius 3 is 2.67 bits per heavy atom. The third-order valence-electron chi connectivity index (χ3n) is 2.72. The maximum Gasteiger partial charge on any atom is 0.162 e. The van der Waals surface area contributed by atoms with Crippen molar-refractivity contribution in [3.63, 3.8) is 0 Å². The minimum Gasteiger partial charge on any atom is -0.370 e. The molecule has 0 fully saturated rings. The Kier molecular flexibility index (Phi) is 3.60. The lowest BCUT2D eigenvalue weighted by Crippen LogP contribution is -2.11. The molecule has 0 spiro atoms. The molecular formula is C13H19N5. The Bertz CT molecular complexity index is 530. The fourth-order valence-corrected chi connectivity index (χ4v) is 1.94. The molecule has 5 nitrogen and oxygen atoms in total. The molecule has 0 radical (unpaired) electrons. The summed E-state index contributed by atoms with van der Waals surface area (Å²) < 4.78 is 1.81. The van der Waals surface area contributed by atoms with Crippen molar-refractivity contribution in [3.8, 4) is 5.82 Å². The van der Waals surface area contributed by atoms with Gasteiger partial charge < -0.3 is 5.32 Å². The largest absolute Gasteiger partial charge is 0.370 e. The van der Waals surface area contributed by atoms with Crippen molar-refractivity contribution in [2.75, 3.05) is 11.9 Å². The predicted molar refractivity (Wildman–Crippen MR) is 72.1 cm³/mol. The van der Waals surface area contributed by atoms with Crippen LogP contribution in [0, 0.1) is 6.92 Å². The summed E-state index contributed by atoms with van der Waals surface area (Å²) in [6.45, 7) is 9.15. The summed E-state index contributed by atoms with van der Waals surface area (Å²) in [7, 11) is 0. The Morgan fingerprint density at radius 2 is 2.11 bits per heavy atom. The van der Waals surface area contributed by atoms with E-state index < -0.39 is 0 Å². The average molecular weight is 245 g/mol. The molecule has 2 heterocycles. The first kappa shape index (κ1) is 12.5. The molecule has 0 amide bonds. The fourth-order valence-electron chi connectivity index (χ4n) is 1.94. The fraction of sp³-hybridized carbons (Fsp3) is 0.462. The number of nitrogens with one attached hydrogen (secondary N) is 1. The molecule has 96 valence electrons. The zero-order valence-corrected chi connectivity index (χ0v) is 11.3. The molecule has 2 aromatic rings. The number of nitrogens with zero attached hydrogens (tertiary/aromatic N) is 4. The van der Waals surface area contributed by atoms with E-state index in [1.165, 1.54) is 0 Å². The quantitative estimate of drug-likeness (QED) is 0.899. The highest BCUT2D eigenvalue weighted by molar-refractivity contribution is 5.53. The first-order valence-electron chi connectivity index (χ1n) is 6.25. The Hall–Kier alpha value is -1.91. The second kappa shape index (κ2) is 5.16. The maximum atomic E-state index is 4.42. The number of aryl methyl sites for hydroxylation is 1. The molecule has 0 saturated carbocycles. The van der Waals surface area contributed by atoms with E-state index in [2.05, 4.69) is 41.2 Å². The zero-order chi connectivity index (χ0) is 13.1. The summed E-state index contributed by atoms with van der Waals surface area (Å²) in [6, 6.07) is 1.97. The van der Waals surface area contributed by atoms with Crippen LogP contribution >= 0.6 is 0 Å². The van der Waals surface area contributed by atoms with Gasteiger partial charge in [0.2, 0.25) is 0 Å². The molecule has 0 aliphatic heterocycles. The third kappa shape index (κ3) is 2.34. The molecule has 1 N–H and O–H groups in total. The standard InChI is InChI=1S/C13H19N5/c1-5-14-12-11(9(2)3)13(16-8-15-12)18-7-6-10(4)17-18/h6-9H,5H2,1-4H3,(H,14,15,16). The molecule has 0 aromatic carbocycles. The van der Waals surface area contributed by atoms with E-state index in [1.54, 1.807) is 6.33 Å². The highest BCUT2D eigenvalue weighted by atomic mass is 15.3. The van der Waals surface area contributed by atoms with Crippen LogP contribution in [0.4, 0.5) is 5.82 Å². The van der Waals surface area contributed by atoms with Gasteiger partial charge in [-0.1, -0.05) is 13.8 Å². The van der Waals surface area contributed by atoms with Crippen molar-refractivity contribution in [2.24, 2.45) is 0 Å². The van der Waals surface area contributed by atoms with Crippen LogP contribution in [0.5, 0.6) is 0 Å². The van der Waals surface area contributed by atoms with E-state index in [-0.39, 0.29) is 0 Å². The normalized spacial score (nSPS) is 10.9. The van der Waals surface area contributed by atoms with E-state index in [4.69, 9.17) is 0 Å². The smallest absolute Gasteiger partial charge is 0.162 e. The monoisotopic (exact) mass is 245 g/mol. The highest BCUT2D eigenvalue weighted by Crippen LogP contribution is 2.26. The molecule has 0 aliphatic carbocycles. The summed E-state index contributed by atoms with van der Waals surface area (Å²) >= 11 is 0. The van der Waals surface area contributed by atoms with Crippen molar-refractivity contribution in [3.05, 3.63) is 29.8 Å². The summed E-state index contributed by atoms with van der Waals surface area (Å²) in [6.07, 6.45) is 3.51. The number of rotatable bonds is 4. The molecule has 2 aromatic heterocycles. The first-order valence-corrected chi connectivity index (χ1v) is 6.25. The van der Waals surface area contributed by atoms with Gasteiger partial charge in [-0.25, -0.2) is 14.6 Å². The van der Waals surface area contributed by atoms with Gasteiger partial charge in [-0.05, 0) is 25.8 Å². The van der Waals surface area contributed by atoms with Crippen LogP contribution in [0.2, 0.25) is 0 Å². The van der Waals surface area contributed by atoms with Crippen LogP contribution in [-0.4, -0.2) is 26.3 Å². The summed E-state index contributed by atoms with van der Waals surface area (Å²) in [5.74, 6) is 2.08. The van der Waals surface area contributed by atoms with E-state index in [1.807, 2.05) is 23.9 Å². The van der Waals surface area contributed by atoms with Crippen LogP contribution in [0.25, 0.3) is 5.82 Å². The van der Waals surface area contributed by atoms with Crippen molar-refractivity contribution < 1.29 is 0 Å². The van der Waals surface area contributed by atoms with Crippen molar-refractivity contribution in [2.45, 2.75) is 33.6 Å². The molecule has 0 bridgehead atoms. The molecule has 0 atom stereocenters. The maximum absolute atomic E-state index is 4.42. The molecule has 0 unspecified atom stereocenters. The molecule has 18 heavy (non-hydrogen) atoms. The van der Waals surface area contributed by atoms with Gasteiger partial charge in [0.1, 0.15) is 12.1 Å². The topological polar surface area (TPSA) is 55.6 Å². The van der Waals surface area contributed by atoms with Crippen molar-refractivity contribution in [1.82, 2.24) is 19.7 Å². The van der Waals surface area contributed by atoms with Gasteiger partial charge in [-0.15, -0.1) is 0 Å². The number of anilines is 1. The Morgan fingerprint density at radius 1 is 1.33 bits per heavy atom. The van der Waals surface area contributed by atoms with Crippen LogP contribution < -0.4 is 5.32 Å². The summed E-state index contributed by atoms with van der Waals surface area (Å²) in [5.41, 5.74) is 2.08. The molecular weight excluding hydrogens is 226 g/mol. The minimum absolute atomic E-state index is 0.333. The summed E-state index contributed by atoms with van der Waals surface area (Å²) in [5, 5.41) is 7.71. The van der Waals surface area contributed by atoms with E-state index in [0.717, 1.165) is 29.4 Å². The molecule has 0 aliphatic rings. The second-order valence-corrected chi connectivity index (χ2v) is 4.55. The molecule has 5 heteroatoms. The lowest BCUT2D eigenvalue weighted by Gasteiger charge is -2.16. The van der Waals surface area contributed by atoms with E-state index >= 15 is 0 Å². The Balaban J connectivity index is 2.56. The number of hydrogen-bond acceptors (Lipinski definition) is 4. The Labute approximate surface area is 107 Å². The number of hydrogen-bond donors (Lipinski definition) is 1. The van der Waals surface area contributed by atoms with Crippen LogP contribution in [-0.2, 0) is 0 Å². The average Bonchev–Trinajstić information content (AvgIpc) is 2.75. The van der Waals surface area contributed by atoms with Gasteiger partial charge in [-0.3, -0.25) is 0 Å². The van der Waals surface area contributed by atoms with Gasteiger partial charge in [0.05, 0.1) is 5.69 Å². The third-order valence-corrected chi connectivity index (χ3v) is 2.72.